The van der Waals surface area contributed by atoms with E-state index in [4.69, 9.17) is 4.74 Å². The van der Waals surface area contributed by atoms with Crippen molar-refractivity contribution >= 4 is 29.7 Å². The van der Waals surface area contributed by atoms with Crippen molar-refractivity contribution in [2.75, 3.05) is 26.0 Å². The van der Waals surface area contributed by atoms with Gasteiger partial charge in [0.2, 0.25) is 0 Å². The number of ether oxygens (including phenoxy) is 2. The molecule has 6 nitrogen and oxygen atoms in total. The van der Waals surface area contributed by atoms with E-state index in [1.165, 1.54) is 0 Å². The van der Waals surface area contributed by atoms with Crippen molar-refractivity contribution in [1.82, 2.24) is 4.90 Å². The first kappa shape index (κ1) is 14.4. The van der Waals surface area contributed by atoms with Gasteiger partial charge in [-0.15, -0.1) is 11.8 Å². The summed E-state index contributed by atoms with van der Waals surface area (Å²) in [7, 11) is 0. The Morgan fingerprint density at radius 1 is 1.35 bits per heavy atom. The summed E-state index contributed by atoms with van der Waals surface area (Å²) in [5.41, 5.74) is 0.361. The highest BCUT2D eigenvalue weighted by molar-refractivity contribution is 7.98. The van der Waals surface area contributed by atoms with Crippen LogP contribution in [0.3, 0.4) is 0 Å². The molecule has 2 amide bonds. The van der Waals surface area contributed by atoms with Crippen LogP contribution in [0, 0.1) is 0 Å². The molecule has 0 spiro atoms. The molecule has 1 fully saturated rings. The highest BCUT2D eigenvalue weighted by atomic mass is 32.2. The maximum atomic E-state index is 11.7. The second-order valence-electron chi connectivity index (χ2n) is 3.96. The minimum absolute atomic E-state index is 0.175. The molecule has 1 aromatic rings. The SMILES string of the molecule is CSc1ccc(C(=O)OCC(=O)N2CCOC2=O)cc1. The third-order valence-electron chi connectivity index (χ3n) is 2.71. The molecule has 1 heterocycles. The number of rotatable bonds is 4. The molecule has 0 atom stereocenters. The molecule has 1 saturated heterocycles. The zero-order valence-corrected chi connectivity index (χ0v) is 11.6. The van der Waals surface area contributed by atoms with Gasteiger partial charge in [0.15, 0.2) is 6.61 Å². The van der Waals surface area contributed by atoms with Crippen LogP contribution in [0.5, 0.6) is 0 Å². The molecule has 0 aliphatic carbocycles. The molecule has 0 bridgehead atoms. The quantitative estimate of drug-likeness (QED) is 0.620. The van der Waals surface area contributed by atoms with Crippen LogP contribution in [-0.2, 0) is 14.3 Å². The van der Waals surface area contributed by atoms with Gasteiger partial charge < -0.3 is 9.47 Å². The van der Waals surface area contributed by atoms with Crippen molar-refractivity contribution in [2.24, 2.45) is 0 Å². The maximum absolute atomic E-state index is 11.7. The van der Waals surface area contributed by atoms with Gasteiger partial charge in [0, 0.05) is 4.90 Å². The predicted molar refractivity (Wildman–Crippen MR) is 71.6 cm³/mol. The lowest BCUT2D eigenvalue weighted by Gasteiger charge is -2.10. The number of carbonyl (C=O) groups excluding carboxylic acids is 3. The molecule has 0 unspecified atom stereocenters. The number of hydrogen-bond donors (Lipinski definition) is 0. The lowest BCUT2D eigenvalue weighted by Crippen LogP contribution is -2.35. The summed E-state index contributed by atoms with van der Waals surface area (Å²) in [6, 6.07) is 6.84. The normalized spacial score (nSPS) is 14.1. The molecule has 1 aliphatic rings. The third-order valence-corrected chi connectivity index (χ3v) is 3.46. The largest absolute Gasteiger partial charge is 0.452 e. The summed E-state index contributed by atoms with van der Waals surface area (Å²) in [5.74, 6) is -1.18. The third kappa shape index (κ3) is 3.30. The number of thioether (sulfide) groups is 1. The molecule has 1 aliphatic heterocycles. The Bertz CT molecular complexity index is 528. The van der Waals surface area contributed by atoms with Crippen LogP contribution >= 0.6 is 11.8 Å². The summed E-state index contributed by atoms with van der Waals surface area (Å²) in [5, 5.41) is 0. The fourth-order valence-corrected chi connectivity index (χ4v) is 2.04. The number of benzene rings is 1. The molecule has 0 N–H and O–H groups in total. The van der Waals surface area contributed by atoms with Crippen LogP contribution < -0.4 is 0 Å². The van der Waals surface area contributed by atoms with Gasteiger partial charge in [0.25, 0.3) is 5.91 Å². The monoisotopic (exact) mass is 295 g/mol. The Balaban J connectivity index is 1.88. The predicted octanol–water partition coefficient (Wildman–Crippen LogP) is 1.54. The van der Waals surface area contributed by atoms with Crippen LogP contribution in [0.15, 0.2) is 29.2 Å². The zero-order valence-electron chi connectivity index (χ0n) is 10.8. The second-order valence-corrected chi connectivity index (χ2v) is 4.84. The smallest absolute Gasteiger partial charge is 0.416 e. The number of imide groups is 1. The molecular weight excluding hydrogens is 282 g/mol. The fourth-order valence-electron chi connectivity index (χ4n) is 1.64. The van der Waals surface area contributed by atoms with Crippen LogP contribution in [0.4, 0.5) is 4.79 Å². The van der Waals surface area contributed by atoms with Crippen molar-refractivity contribution in [3.63, 3.8) is 0 Å². The van der Waals surface area contributed by atoms with E-state index in [1.54, 1.807) is 36.0 Å². The molecule has 7 heteroatoms. The van der Waals surface area contributed by atoms with E-state index in [0.29, 0.717) is 5.56 Å². The van der Waals surface area contributed by atoms with E-state index in [2.05, 4.69) is 4.74 Å². The summed E-state index contributed by atoms with van der Waals surface area (Å²) in [4.78, 5) is 36.5. The first-order valence-electron chi connectivity index (χ1n) is 5.90. The van der Waals surface area contributed by atoms with Crippen molar-refractivity contribution in [3.8, 4) is 0 Å². The number of esters is 1. The number of hydrogen-bond acceptors (Lipinski definition) is 6. The van der Waals surface area contributed by atoms with E-state index in [-0.39, 0.29) is 13.2 Å². The Morgan fingerprint density at radius 3 is 2.60 bits per heavy atom. The Hall–Kier alpha value is -2.02. The average Bonchev–Trinajstić information content (AvgIpc) is 2.90. The summed E-state index contributed by atoms with van der Waals surface area (Å²) in [6.07, 6.45) is 1.23. The van der Waals surface area contributed by atoms with Gasteiger partial charge >= 0.3 is 12.1 Å². The minimum atomic E-state index is -0.699. The van der Waals surface area contributed by atoms with Crippen LogP contribution in [0.25, 0.3) is 0 Å². The van der Waals surface area contributed by atoms with Crippen molar-refractivity contribution < 1.29 is 23.9 Å². The average molecular weight is 295 g/mol. The molecule has 106 valence electrons. The van der Waals surface area contributed by atoms with Gasteiger partial charge in [-0.05, 0) is 30.5 Å². The number of carbonyl (C=O) groups is 3. The molecular formula is C13H13NO5S. The van der Waals surface area contributed by atoms with Gasteiger partial charge in [-0.1, -0.05) is 0 Å². The van der Waals surface area contributed by atoms with E-state index in [0.717, 1.165) is 9.80 Å². The van der Waals surface area contributed by atoms with Crippen LogP contribution in [0.2, 0.25) is 0 Å². The maximum Gasteiger partial charge on any atom is 0.416 e. The van der Waals surface area contributed by atoms with E-state index < -0.39 is 24.6 Å². The number of cyclic esters (lactones) is 1. The van der Waals surface area contributed by atoms with Gasteiger partial charge in [0.1, 0.15) is 6.61 Å². The van der Waals surface area contributed by atoms with E-state index >= 15 is 0 Å². The Kier molecular flexibility index (Phi) is 4.62. The van der Waals surface area contributed by atoms with Gasteiger partial charge in [-0.25, -0.2) is 14.5 Å². The number of amides is 2. The lowest BCUT2D eigenvalue weighted by atomic mass is 10.2. The first-order chi connectivity index (χ1) is 9.61. The fraction of sp³-hybridized carbons (Fsp3) is 0.308. The van der Waals surface area contributed by atoms with Gasteiger partial charge in [-0.3, -0.25) is 4.79 Å². The van der Waals surface area contributed by atoms with Crippen molar-refractivity contribution in [2.45, 2.75) is 4.90 Å². The molecule has 2 rings (SSSR count). The Morgan fingerprint density at radius 2 is 2.05 bits per heavy atom. The highest BCUT2D eigenvalue weighted by Crippen LogP contribution is 2.15. The molecule has 20 heavy (non-hydrogen) atoms. The zero-order chi connectivity index (χ0) is 14.5. The van der Waals surface area contributed by atoms with Crippen molar-refractivity contribution in [1.29, 1.82) is 0 Å². The highest BCUT2D eigenvalue weighted by Gasteiger charge is 2.28. The van der Waals surface area contributed by atoms with Crippen LogP contribution in [-0.4, -0.2) is 48.9 Å². The summed E-state index contributed by atoms with van der Waals surface area (Å²) in [6.45, 7) is -0.107. The van der Waals surface area contributed by atoms with E-state index in [9.17, 15) is 14.4 Å². The first-order valence-corrected chi connectivity index (χ1v) is 7.12. The molecule has 0 radical (unpaired) electrons. The Labute approximate surface area is 120 Å². The van der Waals surface area contributed by atoms with Gasteiger partial charge in [0.05, 0.1) is 12.1 Å². The molecule has 1 aromatic carbocycles. The van der Waals surface area contributed by atoms with E-state index in [1.807, 2.05) is 6.26 Å². The standard InChI is InChI=1S/C13H13NO5S/c1-20-10-4-2-9(3-5-10)12(16)19-8-11(15)14-6-7-18-13(14)17/h2-5H,6-8H2,1H3. The second kappa shape index (κ2) is 6.42. The molecule has 0 saturated carbocycles. The number of nitrogens with zero attached hydrogens (tertiary/aromatic N) is 1. The van der Waals surface area contributed by atoms with Gasteiger partial charge in [-0.2, -0.15) is 0 Å². The molecule has 0 aromatic heterocycles. The van der Waals surface area contributed by atoms with Crippen LogP contribution in [0.1, 0.15) is 10.4 Å². The topological polar surface area (TPSA) is 72.9 Å². The lowest BCUT2D eigenvalue weighted by molar-refractivity contribution is -0.131. The minimum Gasteiger partial charge on any atom is -0.452 e. The summed E-state index contributed by atoms with van der Waals surface area (Å²) < 4.78 is 9.51. The summed E-state index contributed by atoms with van der Waals surface area (Å²) >= 11 is 1.56. The van der Waals surface area contributed by atoms with Crippen molar-refractivity contribution in [3.05, 3.63) is 29.8 Å².